The van der Waals surface area contributed by atoms with Gasteiger partial charge in [-0.3, -0.25) is 0 Å². The van der Waals surface area contributed by atoms with Gasteiger partial charge in [-0.15, -0.1) is 0 Å². The summed E-state index contributed by atoms with van der Waals surface area (Å²) in [7, 11) is 0. The quantitative estimate of drug-likeness (QED) is 0.636. The molecule has 0 bridgehead atoms. The number of hydrogen-bond acceptors (Lipinski definition) is 6. The molecule has 7 heteroatoms. The van der Waals surface area contributed by atoms with Crippen molar-refractivity contribution >= 4 is 16.9 Å². The molecule has 1 aliphatic carbocycles. The summed E-state index contributed by atoms with van der Waals surface area (Å²) in [6, 6.07) is 12.3. The second kappa shape index (κ2) is 7.29. The number of H-pyrrole nitrogens is 1. The monoisotopic (exact) mass is 403 g/mol. The first-order valence-electron chi connectivity index (χ1n) is 10.4. The highest BCUT2D eigenvalue weighted by Gasteiger charge is 2.34. The number of nitriles is 1. The first-order valence-corrected chi connectivity index (χ1v) is 10.4. The van der Waals surface area contributed by atoms with Crippen LogP contribution in [0.3, 0.4) is 0 Å². The number of hydrogen-bond donors (Lipinski definition) is 2. The van der Waals surface area contributed by atoms with Crippen LogP contribution in [-0.2, 0) is 4.74 Å². The Balaban J connectivity index is 1.48. The number of nitrogens with one attached hydrogen (secondary N) is 2. The van der Waals surface area contributed by atoms with Gasteiger partial charge in [0.1, 0.15) is 36.3 Å². The molecule has 30 heavy (non-hydrogen) atoms. The topological polar surface area (TPSA) is 95.8 Å². The summed E-state index contributed by atoms with van der Waals surface area (Å²) in [5, 5.41) is 13.9. The van der Waals surface area contributed by atoms with E-state index in [1.54, 1.807) is 6.33 Å². The van der Waals surface area contributed by atoms with E-state index in [1.807, 2.05) is 38.1 Å². The van der Waals surface area contributed by atoms with Crippen molar-refractivity contribution in [3.8, 4) is 11.8 Å². The number of anilines is 1. The minimum atomic E-state index is -0.566. The lowest BCUT2D eigenvalue weighted by Crippen LogP contribution is -2.39. The van der Waals surface area contributed by atoms with Gasteiger partial charge >= 0.3 is 0 Å². The first-order chi connectivity index (χ1) is 14.5. The van der Waals surface area contributed by atoms with Gasteiger partial charge in [-0.25, -0.2) is 9.97 Å². The Morgan fingerprint density at radius 3 is 2.93 bits per heavy atom. The zero-order valence-corrected chi connectivity index (χ0v) is 17.2. The molecule has 154 valence electrons. The number of rotatable bonds is 6. The second-order valence-corrected chi connectivity index (χ2v) is 8.80. The summed E-state index contributed by atoms with van der Waals surface area (Å²) >= 11 is 0. The van der Waals surface area contributed by atoms with Gasteiger partial charge in [0.25, 0.3) is 0 Å². The highest BCUT2D eigenvalue weighted by Crippen LogP contribution is 2.42. The molecule has 0 saturated heterocycles. The van der Waals surface area contributed by atoms with Crippen LogP contribution in [0.5, 0.6) is 5.75 Å². The predicted octanol–water partition coefficient (Wildman–Crippen LogP) is 4.32. The number of nitrogens with zero attached hydrogens (tertiary/aromatic N) is 3. The maximum atomic E-state index is 9.36. The molecule has 1 aliphatic heterocycles. The SMILES string of the molecule is CC(C)(C#N)CO[C@H]1COc2ccccc2[C@@H]1Nc1ncnc2[nH]c(C3CC3)cc12. The van der Waals surface area contributed by atoms with Crippen LogP contribution in [0.2, 0.25) is 0 Å². The van der Waals surface area contributed by atoms with Gasteiger partial charge < -0.3 is 19.8 Å². The Morgan fingerprint density at radius 1 is 1.30 bits per heavy atom. The van der Waals surface area contributed by atoms with Gasteiger partial charge in [0, 0.05) is 11.3 Å². The van der Waals surface area contributed by atoms with E-state index in [4.69, 9.17) is 9.47 Å². The van der Waals surface area contributed by atoms with Gasteiger partial charge in [-0.2, -0.15) is 5.26 Å². The molecule has 0 amide bonds. The Hall–Kier alpha value is -3.11. The Kier molecular flexibility index (Phi) is 4.59. The Labute approximate surface area is 175 Å². The molecule has 0 unspecified atom stereocenters. The lowest BCUT2D eigenvalue weighted by atomic mass is 9.95. The van der Waals surface area contributed by atoms with Gasteiger partial charge in [0.05, 0.1) is 29.5 Å². The number of fused-ring (bicyclic) bond motifs is 2. The van der Waals surface area contributed by atoms with Crippen LogP contribution in [-0.4, -0.2) is 34.3 Å². The molecule has 1 fully saturated rings. The molecule has 2 atom stereocenters. The van der Waals surface area contributed by atoms with Gasteiger partial charge in [0.2, 0.25) is 0 Å². The van der Waals surface area contributed by atoms with E-state index >= 15 is 0 Å². The largest absolute Gasteiger partial charge is 0.490 e. The van der Waals surface area contributed by atoms with Crippen LogP contribution in [0.25, 0.3) is 11.0 Å². The molecule has 5 rings (SSSR count). The van der Waals surface area contributed by atoms with Crippen LogP contribution in [0.4, 0.5) is 5.82 Å². The number of ether oxygens (including phenoxy) is 2. The molecule has 2 aromatic heterocycles. The van der Waals surface area contributed by atoms with Gasteiger partial charge in [-0.1, -0.05) is 18.2 Å². The Morgan fingerprint density at radius 2 is 2.13 bits per heavy atom. The summed E-state index contributed by atoms with van der Waals surface area (Å²) in [6.07, 6.45) is 3.78. The second-order valence-electron chi connectivity index (χ2n) is 8.80. The standard InChI is InChI=1S/C23H25N5O2/c1-23(2,11-24)12-30-19-10-29-18-6-4-3-5-15(18)20(19)28-22-16-9-17(14-7-8-14)27-21(16)25-13-26-22/h3-6,9,13-14,19-20H,7-8,10,12H2,1-2H3,(H2,25,26,27,28)/t19-,20-/m0/s1. The van der Waals surface area contributed by atoms with Crippen molar-refractivity contribution in [1.29, 1.82) is 5.26 Å². The molecule has 0 radical (unpaired) electrons. The van der Waals surface area contributed by atoms with Crippen LogP contribution in [0.15, 0.2) is 36.7 Å². The molecule has 0 spiro atoms. The van der Waals surface area contributed by atoms with Crippen molar-refractivity contribution in [2.24, 2.45) is 5.41 Å². The first kappa shape index (κ1) is 18.9. The molecule has 3 heterocycles. The minimum absolute atomic E-state index is 0.151. The average molecular weight is 403 g/mol. The van der Waals surface area contributed by atoms with Crippen LogP contribution in [0, 0.1) is 16.7 Å². The average Bonchev–Trinajstić information content (AvgIpc) is 3.52. The molecule has 3 aromatic rings. The lowest BCUT2D eigenvalue weighted by molar-refractivity contribution is -0.0252. The summed E-state index contributed by atoms with van der Waals surface area (Å²) in [4.78, 5) is 12.4. The molecule has 2 N–H and O–H groups in total. The molecule has 2 aliphatic rings. The summed E-state index contributed by atoms with van der Waals surface area (Å²) in [5.74, 6) is 2.23. The zero-order chi connectivity index (χ0) is 20.7. The van der Waals surface area contributed by atoms with Crippen LogP contribution >= 0.6 is 0 Å². The molecule has 7 nitrogen and oxygen atoms in total. The third kappa shape index (κ3) is 3.59. The lowest BCUT2D eigenvalue weighted by Gasteiger charge is -2.35. The van der Waals surface area contributed by atoms with Crippen molar-refractivity contribution < 1.29 is 9.47 Å². The normalized spacial score (nSPS) is 21.0. The number of para-hydroxylation sites is 1. The van der Waals surface area contributed by atoms with Crippen molar-refractivity contribution in [1.82, 2.24) is 15.0 Å². The summed E-state index contributed by atoms with van der Waals surface area (Å²) < 4.78 is 12.1. The van der Waals surface area contributed by atoms with E-state index in [2.05, 4.69) is 32.4 Å². The maximum Gasteiger partial charge on any atom is 0.143 e. The van der Waals surface area contributed by atoms with Crippen molar-refractivity contribution in [3.05, 3.63) is 47.9 Å². The number of benzene rings is 1. The fraction of sp³-hybridized carbons (Fsp3) is 0.435. The fourth-order valence-electron chi connectivity index (χ4n) is 3.84. The summed E-state index contributed by atoms with van der Waals surface area (Å²) in [5.41, 5.74) is 2.53. The number of aromatic nitrogens is 3. The van der Waals surface area contributed by atoms with Crippen molar-refractivity contribution in [2.75, 3.05) is 18.5 Å². The van der Waals surface area contributed by atoms with E-state index < -0.39 is 5.41 Å². The van der Waals surface area contributed by atoms with Crippen molar-refractivity contribution in [3.63, 3.8) is 0 Å². The highest BCUT2D eigenvalue weighted by atomic mass is 16.5. The molecule has 1 aromatic carbocycles. The maximum absolute atomic E-state index is 9.36. The predicted molar refractivity (Wildman–Crippen MR) is 113 cm³/mol. The van der Waals surface area contributed by atoms with E-state index in [9.17, 15) is 5.26 Å². The van der Waals surface area contributed by atoms with E-state index in [1.165, 1.54) is 18.5 Å². The molecule has 1 saturated carbocycles. The van der Waals surface area contributed by atoms with Crippen LogP contribution < -0.4 is 10.1 Å². The van der Waals surface area contributed by atoms with E-state index in [0.29, 0.717) is 19.1 Å². The van der Waals surface area contributed by atoms with Gasteiger partial charge in [-0.05, 0) is 44.7 Å². The Bertz CT molecular complexity index is 1110. The zero-order valence-electron chi connectivity index (χ0n) is 17.2. The minimum Gasteiger partial charge on any atom is -0.490 e. The van der Waals surface area contributed by atoms with E-state index in [0.717, 1.165) is 28.2 Å². The molecular weight excluding hydrogens is 378 g/mol. The summed E-state index contributed by atoms with van der Waals surface area (Å²) in [6.45, 7) is 4.48. The fourth-order valence-corrected chi connectivity index (χ4v) is 3.84. The van der Waals surface area contributed by atoms with Gasteiger partial charge in [0.15, 0.2) is 0 Å². The third-order valence-electron chi connectivity index (χ3n) is 5.75. The molecular formula is C23H25N5O2. The van der Waals surface area contributed by atoms with E-state index in [-0.39, 0.29) is 12.1 Å². The van der Waals surface area contributed by atoms with Crippen LogP contribution in [0.1, 0.15) is 49.9 Å². The highest BCUT2D eigenvalue weighted by molar-refractivity contribution is 5.88. The van der Waals surface area contributed by atoms with Crippen molar-refractivity contribution in [2.45, 2.75) is 44.8 Å². The third-order valence-corrected chi connectivity index (χ3v) is 5.75. The smallest absolute Gasteiger partial charge is 0.143 e. The number of aromatic amines is 1.